The van der Waals surface area contributed by atoms with E-state index in [0.29, 0.717) is 11.9 Å². The first-order chi connectivity index (χ1) is 8.74. The number of ether oxygens (including phenoxy) is 1. The second-order valence-electron chi connectivity index (χ2n) is 3.78. The van der Waals surface area contributed by atoms with Crippen molar-refractivity contribution < 1.29 is 9.15 Å². The zero-order valence-electron chi connectivity index (χ0n) is 10.6. The van der Waals surface area contributed by atoms with E-state index in [9.17, 15) is 0 Å². The molecule has 2 N–H and O–H groups in total. The molecule has 0 fully saturated rings. The van der Waals surface area contributed by atoms with E-state index in [1.165, 1.54) is 0 Å². The molecule has 18 heavy (non-hydrogen) atoms. The van der Waals surface area contributed by atoms with E-state index >= 15 is 0 Å². The van der Waals surface area contributed by atoms with Crippen molar-refractivity contribution in [1.29, 1.82) is 0 Å². The molecule has 1 unspecified atom stereocenters. The lowest BCUT2D eigenvalue weighted by Crippen LogP contribution is -2.12. The van der Waals surface area contributed by atoms with Gasteiger partial charge in [0.15, 0.2) is 0 Å². The molecule has 0 saturated heterocycles. The summed E-state index contributed by atoms with van der Waals surface area (Å²) in [6.45, 7) is 1.94. The maximum absolute atomic E-state index is 5.49. The third kappa shape index (κ3) is 2.60. The summed E-state index contributed by atoms with van der Waals surface area (Å²) >= 11 is 0. The smallest absolute Gasteiger partial charge is 0.320 e. The Morgan fingerprint density at radius 3 is 2.78 bits per heavy atom. The molecule has 1 aromatic carbocycles. The quantitative estimate of drug-likeness (QED) is 0.844. The second kappa shape index (κ2) is 5.50. The Morgan fingerprint density at radius 2 is 2.06 bits per heavy atom. The second-order valence-corrected chi connectivity index (χ2v) is 3.78. The van der Waals surface area contributed by atoms with Gasteiger partial charge in [0, 0.05) is 0 Å². The molecule has 0 aliphatic heterocycles. The Labute approximate surface area is 105 Å². The van der Waals surface area contributed by atoms with Crippen LogP contribution in [0.3, 0.4) is 0 Å². The minimum atomic E-state index is 0.0192. The number of aromatic nitrogens is 2. The Morgan fingerprint density at radius 1 is 1.28 bits per heavy atom. The van der Waals surface area contributed by atoms with Crippen molar-refractivity contribution >= 4 is 11.7 Å². The van der Waals surface area contributed by atoms with Crippen LogP contribution in [-0.4, -0.2) is 24.4 Å². The third-order valence-corrected chi connectivity index (χ3v) is 2.59. The monoisotopic (exact) mass is 248 g/mol. The standard InChI is InChI=1S/C12H16N4O2/c1-8(13-2)11-15-16-12(18-11)14-9-6-4-5-7-10(9)17-3/h4-8,13H,1-3H3,(H,14,16). The average Bonchev–Trinajstić information content (AvgIpc) is 2.87. The van der Waals surface area contributed by atoms with Crippen molar-refractivity contribution in [3.8, 4) is 5.75 Å². The first-order valence-electron chi connectivity index (χ1n) is 5.65. The largest absolute Gasteiger partial charge is 0.495 e. The molecule has 6 nitrogen and oxygen atoms in total. The highest BCUT2D eigenvalue weighted by molar-refractivity contribution is 5.61. The van der Waals surface area contributed by atoms with Crippen LogP contribution in [0.25, 0.3) is 0 Å². The topological polar surface area (TPSA) is 72.2 Å². The zero-order chi connectivity index (χ0) is 13.0. The van der Waals surface area contributed by atoms with E-state index in [1.54, 1.807) is 7.11 Å². The highest BCUT2D eigenvalue weighted by Gasteiger charge is 2.12. The van der Waals surface area contributed by atoms with Crippen molar-refractivity contribution in [2.45, 2.75) is 13.0 Å². The van der Waals surface area contributed by atoms with Crippen LogP contribution in [0, 0.1) is 0 Å². The maximum Gasteiger partial charge on any atom is 0.320 e. The summed E-state index contributed by atoms with van der Waals surface area (Å²) in [6.07, 6.45) is 0. The fraction of sp³-hybridized carbons (Fsp3) is 0.333. The molecule has 0 bridgehead atoms. The maximum atomic E-state index is 5.49. The molecule has 1 atom stereocenters. The third-order valence-electron chi connectivity index (χ3n) is 2.59. The fourth-order valence-electron chi connectivity index (χ4n) is 1.45. The van der Waals surface area contributed by atoms with E-state index in [0.717, 1.165) is 11.4 Å². The molecule has 1 aromatic heterocycles. The van der Waals surface area contributed by atoms with Gasteiger partial charge >= 0.3 is 6.01 Å². The number of nitrogens with one attached hydrogen (secondary N) is 2. The Bertz CT molecular complexity index is 512. The molecular formula is C12H16N4O2. The van der Waals surface area contributed by atoms with Crippen LogP contribution in [0.15, 0.2) is 28.7 Å². The first-order valence-corrected chi connectivity index (χ1v) is 5.65. The van der Waals surface area contributed by atoms with E-state index in [1.807, 2.05) is 38.2 Å². The number of rotatable bonds is 5. The lowest BCUT2D eigenvalue weighted by atomic mass is 10.3. The van der Waals surface area contributed by atoms with Gasteiger partial charge in [-0.15, -0.1) is 5.10 Å². The highest BCUT2D eigenvalue weighted by Crippen LogP contribution is 2.26. The predicted molar refractivity (Wildman–Crippen MR) is 68.0 cm³/mol. The summed E-state index contributed by atoms with van der Waals surface area (Å²) in [7, 11) is 3.45. The number of methoxy groups -OCH3 is 1. The molecule has 0 radical (unpaired) electrons. The van der Waals surface area contributed by atoms with Crippen LogP contribution in [0.5, 0.6) is 5.75 Å². The van der Waals surface area contributed by atoms with E-state index in [2.05, 4.69) is 20.8 Å². The molecule has 96 valence electrons. The molecule has 0 saturated carbocycles. The van der Waals surface area contributed by atoms with Crippen molar-refractivity contribution in [2.24, 2.45) is 0 Å². The zero-order valence-corrected chi connectivity index (χ0v) is 10.6. The van der Waals surface area contributed by atoms with E-state index < -0.39 is 0 Å². The number of nitrogens with zero attached hydrogens (tertiary/aromatic N) is 2. The van der Waals surface area contributed by atoms with Gasteiger partial charge in [-0.3, -0.25) is 0 Å². The van der Waals surface area contributed by atoms with Crippen LogP contribution < -0.4 is 15.4 Å². The number of anilines is 2. The van der Waals surface area contributed by atoms with Crippen LogP contribution in [0.1, 0.15) is 18.9 Å². The summed E-state index contributed by atoms with van der Waals surface area (Å²) in [4.78, 5) is 0. The van der Waals surface area contributed by atoms with Crippen LogP contribution in [-0.2, 0) is 0 Å². The summed E-state index contributed by atoms with van der Waals surface area (Å²) in [5.41, 5.74) is 0.785. The predicted octanol–water partition coefficient (Wildman–Crippen LogP) is 2.10. The van der Waals surface area contributed by atoms with Crippen molar-refractivity contribution in [1.82, 2.24) is 15.5 Å². The van der Waals surface area contributed by atoms with Gasteiger partial charge in [0.1, 0.15) is 5.75 Å². The normalized spacial score (nSPS) is 12.2. The van der Waals surface area contributed by atoms with Gasteiger partial charge in [-0.25, -0.2) is 0 Å². The van der Waals surface area contributed by atoms with Crippen LogP contribution in [0.2, 0.25) is 0 Å². The lowest BCUT2D eigenvalue weighted by Gasteiger charge is -2.07. The number of hydrogen-bond acceptors (Lipinski definition) is 6. The Balaban J connectivity index is 2.16. The molecule has 0 amide bonds. The summed E-state index contributed by atoms with van der Waals surface area (Å²) in [6, 6.07) is 7.90. The molecule has 2 aromatic rings. The molecule has 0 aliphatic carbocycles. The summed E-state index contributed by atoms with van der Waals surface area (Å²) in [5.74, 6) is 1.26. The minimum Gasteiger partial charge on any atom is -0.495 e. The van der Waals surface area contributed by atoms with Gasteiger partial charge in [-0.2, -0.15) is 0 Å². The molecule has 1 heterocycles. The Hall–Kier alpha value is -2.08. The lowest BCUT2D eigenvalue weighted by molar-refractivity contribution is 0.415. The van der Waals surface area contributed by atoms with Gasteiger partial charge in [0.25, 0.3) is 0 Å². The average molecular weight is 248 g/mol. The fourth-order valence-corrected chi connectivity index (χ4v) is 1.45. The molecule has 0 spiro atoms. The van der Waals surface area contributed by atoms with Crippen molar-refractivity contribution in [2.75, 3.05) is 19.5 Å². The summed E-state index contributed by atoms with van der Waals surface area (Å²) < 4.78 is 10.7. The Kier molecular flexibility index (Phi) is 3.78. The minimum absolute atomic E-state index is 0.0192. The van der Waals surface area contributed by atoms with Crippen molar-refractivity contribution in [3.63, 3.8) is 0 Å². The van der Waals surface area contributed by atoms with E-state index in [4.69, 9.17) is 9.15 Å². The van der Waals surface area contributed by atoms with Crippen molar-refractivity contribution in [3.05, 3.63) is 30.2 Å². The van der Waals surface area contributed by atoms with E-state index in [-0.39, 0.29) is 6.04 Å². The van der Waals surface area contributed by atoms with Crippen LogP contribution >= 0.6 is 0 Å². The van der Waals surface area contributed by atoms with Gasteiger partial charge in [-0.1, -0.05) is 17.2 Å². The van der Waals surface area contributed by atoms with Crippen LogP contribution in [0.4, 0.5) is 11.7 Å². The van der Waals surface area contributed by atoms with Gasteiger partial charge in [0.05, 0.1) is 18.8 Å². The highest BCUT2D eigenvalue weighted by atomic mass is 16.5. The molecule has 2 rings (SSSR count). The van der Waals surface area contributed by atoms with Gasteiger partial charge < -0.3 is 19.8 Å². The number of hydrogen-bond donors (Lipinski definition) is 2. The molecule has 0 aliphatic rings. The number of para-hydroxylation sites is 2. The number of benzene rings is 1. The first kappa shape index (κ1) is 12.4. The van der Waals surface area contributed by atoms with Gasteiger partial charge in [-0.05, 0) is 26.1 Å². The molecule has 6 heteroatoms. The van der Waals surface area contributed by atoms with Gasteiger partial charge in [0.2, 0.25) is 5.89 Å². The molecular weight excluding hydrogens is 232 g/mol. The summed E-state index contributed by atoms with van der Waals surface area (Å²) in [5, 5.41) is 14.0. The SMILES string of the molecule is CNC(C)c1nnc(Nc2ccccc2OC)o1.